The van der Waals surface area contributed by atoms with Crippen molar-refractivity contribution in [3.8, 4) is 5.88 Å². The van der Waals surface area contributed by atoms with Crippen molar-refractivity contribution in [1.29, 1.82) is 0 Å². The number of amides is 1. The molecule has 0 saturated carbocycles. The molecule has 6 heteroatoms. The fraction of sp³-hybridized carbons (Fsp3) is 0.538. The minimum atomic E-state index is -0.0271. The molecule has 1 aromatic rings. The molecular weight excluding hydrogens is 246 g/mol. The lowest BCUT2D eigenvalue weighted by atomic mass is 10.2. The van der Waals surface area contributed by atoms with E-state index < -0.39 is 0 Å². The first kappa shape index (κ1) is 13.8. The lowest BCUT2D eigenvalue weighted by Crippen LogP contribution is -2.41. The molecule has 2 rings (SSSR count). The maximum Gasteiger partial charge on any atom is 0.222 e. The van der Waals surface area contributed by atoms with Gasteiger partial charge < -0.3 is 20.1 Å². The van der Waals surface area contributed by atoms with E-state index in [2.05, 4.69) is 15.6 Å². The molecule has 1 aromatic heterocycles. The van der Waals surface area contributed by atoms with Gasteiger partial charge in [-0.05, 0) is 11.6 Å². The minimum Gasteiger partial charge on any atom is -0.481 e. The quantitative estimate of drug-likeness (QED) is 0.789. The average molecular weight is 265 g/mol. The largest absolute Gasteiger partial charge is 0.481 e. The Morgan fingerprint density at radius 1 is 1.68 bits per heavy atom. The van der Waals surface area contributed by atoms with E-state index in [9.17, 15) is 4.79 Å². The molecule has 0 radical (unpaired) electrons. The van der Waals surface area contributed by atoms with Crippen molar-refractivity contribution in [2.24, 2.45) is 0 Å². The van der Waals surface area contributed by atoms with Gasteiger partial charge in [-0.25, -0.2) is 4.98 Å². The van der Waals surface area contributed by atoms with E-state index >= 15 is 0 Å². The van der Waals surface area contributed by atoms with E-state index in [0.717, 1.165) is 18.7 Å². The summed E-state index contributed by atoms with van der Waals surface area (Å²) in [5, 5.41) is 6.07. The summed E-state index contributed by atoms with van der Waals surface area (Å²) in [7, 11) is 1.57. The Labute approximate surface area is 112 Å². The van der Waals surface area contributed by atoms with Gasteiger partial charge in [0.15, 0.2) is 0 Å². The molecule has 0 bridgehead atoms. The molecule has 2 N–H and O–H groups in total. The number of hydrogen-bond donors (Lipinski definition) is 2. The number of ether oxygens (including phenoxy) is 2. The third kappa shape index (κ3) is 4.50. The maximum atomic E-state index is 11.8. The molecule has 104 valence electrons. The van der Waals surface area contributed by atoms with E-state index in [0.29, 0.717) is 25.5 Å². The highest BCUT2D eigenvalue weighted by Crippen LogP contribution is 2.08. The molecular formula is C13H19N3O3. The smallest absolute Gasteiger partial charge is 0.222 e. The van der Waals surface area contributed by atoms with Gasteiger partial charge >= 0.3 is 0 Å². The van der Waals surface area contributed by atoms with Crippen LogP contribution in [0.2, 0.25) is 0 Å². The van der Waals surface area contributed by atoms with Crippen molar-refractivity contribution in [3.05, 3.63) is 23.9 Å². The highest BCUT2D eigenvalue weighted by atomic mass is 16.5. The fourth-order valence-electron chi connectivity index (χ4n) is 1.90. The monoisotopic (exact) mass is 265 g/mol. The van der Waals surface area contributed by atoms with E-state index in [-0.39, 0.29) is 12.0 Å². The molecule has 1 amide bonds. The Hall–Kier alpha value is -1.66. The zero-order chi connectivity index (χ0) is 13.5. The summed E-state index contributed by atoms with van der Waals surface area (Å²) in [5.74, 6) is 0.538. The standard InChI is InChI=1S/C13H19N3O3/c1-18-13-6-10(2-3-15-13)8-16-12(17)7-11-9-14-4-5-19-11/h2-3,6,11,14H,4-5,7-9H2,1H3,(H,16,17). The fourth-order valence-corrected chi connectivity index (χ4v) is 1.90. The van der Waals surface area contributed by atoms with Crippen molar-refractivity contribution in [3.63, 3.8) is 0 Å². The summed E-state index contributed by atoms with van der Waals surface area (Å²) in [4.78, 5) is 15.8. The second-order valence-corrected chi connectivity index (χ2v) is 4.38. The number of rotatable bonds is 5. The first-order valence-electron chi connectivity index (χ1n) is 6.36. The lowest BCUT2D eigenvalue weighted by molar-refractivity contribution is -0.124. The number of morpholine rings is 1. The second kappa shape index (κ2) is 7.06. The minimum absolute atomic E-state index is 0.00974. The highest BCUT2D eigenvalue weighted by Gasteiger charge is 2.16. The average Bonchev–Trinajstić information content (AvgIpc) is 2.46. The van der Waals surface area contributed by atoms with Crippen LogP contribution in [0.25, 0.3) is 0 Å². The van der Waals surface area contributed by atoms with Gasteiger partial charge in [-0.15, -0.1) is 0 Å². The lowest BCUT2D eigenvalue weighted by Gasteiger charge is -2.23. The van der Waals surface area contributed by atoms with Gasteiger partial charge in [-0.1, -0.05) is 0 Å². The first-order valence-corrected chi connectivity index (χ1v) is 6.36. The highest BCUT2D eigenvalue weighted by molar-refractivity contribution is 5.76. The molecule has 1 atom stereocenters. The molecule has 1 unspecified atom stereocenters. The Morgan fingerprint density at radius 2 is 2.58 bits per heavy atom. The zero-order valence-corrected chi connectivity index (χ0v) is 11.0. The second-order valence-electron chi connectivity index (χ2n) is 4.38. The van der Waals surface area contributed by atoms with Crippen LogP contribution in [0.4, 0.5) is 0 Å². The van der Waals surface area contributed by atoms with Gasteiger partial charge in [-0.2, -0.15) is 0 Å². The van der Waals surface area contributed by atoms with Crippen LogP contribution < -0.4 is 15.4 Å². The van der Waals surface area contributed by atoms with Crippen LogP contribution in [-0.4, -0.2) is 43.8 Å². The summed E-state index contributed by atoms with van der Waals surface area (Å²) in [6.07, 6.45) is 2.02. The number of carbonyl (C=O) groups excluding carboxylic acids is 1. The molecule has 0 aliphatic carbocycles. The molecule has 2 heterocycles. The number of hydrogen-bond acceptors (Lipinski definition) is 5. The predicted molar refractivity (Wildman–Crippen MR) is 69.9 cm³/mol. The third-order valence-electron chi connectivity index (χ3n) is 2.92. The van der Waals surface area contributed by atoms with Crippen LogP contribution in [0.15, 0.2) is 18.3 Å². The molecule has 19 heavy (non-hydrogen) atoms. The molecule has 1 fully saturated rings. The number of nitrogens with zero attached hydrogens (tertiary/aromatic N) is 1. The first-order chi connectivity index (χ1) is 9.28. The summed E-state index contributed by atoms with van der Waals surface area (Å²) < 4.78 is 10.5. The molecule has 1 saturated heterocycles. The van der Waals surface area contributed by atoms with Gasteiger partial charge in [0.05, 0.1) is 26.2 Å². The van der Waals surface area contributed by atoms with Crippen molar-refractivity contribution in [2.75, 3.05) is 26.8 Å². The maximum absolute atomic E-state index is 11.8. The van der Waals surface area contributed by atoms with E-state index in [1.807, 2.05) is 6.07 Å². The normalized spacial score (nSPS) is 18.9. The number of nitrogens with one attached hydrogen (secondary N) is 2. The third-order valence-corrected chi connectivity index (χ3v) is 2.92. The van der Waals surface area contributed by atoms with Crippen LogP contribution >= 0.6 is 0 Å². The van der Waals surface area contributed by atoms with Crippen LogP contribution in [0.1, 0.15) is 12.0 Å². The molecule has 1 aliphatic rings. The topological polar surface area (TPSA) is 72.5 Å². The number of pyridine rings is 1. The molecule has 0 aromatic carbocycles. The number of aromatic nitrogens is 1. The van der Waals surface area contributed by atoms with Gasteiger partial charge in [-0.3, -0.25) is 4.79 Å². The summed E-state index contributed by atoms with van der Waals surface area (Å²) in [5.41, 5.74) is 0.961. The van der Waals surface area contributed by atoms with E-state index in [1.165, 1.54) is 0 Å². The zero-order valence-electron chi connectivity index (χ0n) is 11.0. The molecule has 0 spiro atoms. The van der Waals surface area contributed by atoms with Crippen molar-refractivity contribution < 1.29 is 14.3 Å². The van der Waals surface area contributed by atoms with E-state index in [1.54, 1.807) is 19.4 Å². The van der Waals surface area contributed by atoms with Crippen LogP contribution in [0.5, 0.6) is 5.88 Å². The Bertz CT molecular complexity index is 419. The van der Waals surface area contributed by atoms with Gasteiger partial charge in [0.25, 0.3) is 0 Å². The Kier molecular flexibility index (Phi) is 5.11. The predicted octanol–water partition coefficient (Wildman–Crippen LogP) is 0.0849. The van der Waals surface area contributed by atoms with Gasteiger partial charge in [0.2, 0.25) is 11.8 Å². The molecule has 6 nitrogen and oxygen atoms in total. The van der Waals surface area contributed by atoms with Crippen LogP contribution in [0.3, 0.4) is 0 Å². The van der Waals surface area contributed by atoms with Gasteiger partial charge in [0, 0.05) is 31.9 Å². The SMILES string of the molecule is COc1cc(CNC(=O)CC2CNCCO2)ccn1. The number of carbonyl (C=O) groups is 1. The van der Waals surface area contributed by atoms with Crippen LogP contribution in [-0.2, 0) is 16.1 Å². The van der Waals surface area contributed by atoms with Crippen molar-refractivity contribution in [2.45, 2.75) is 19.1 Å². The Balaban J connectivity index is 1.76. The number of methoxy groups -OCH3 is 1. The van der Waals surface area contributed by atoms with Gasteiger partial charge in [0.1, 0.15) is 0 Å². The summed E-state index contributed by atoms with van der Waals surface area (Å²) in [6.45, 7) is 2.72. The summed E-state index contributed by atoms with van der Waals surface area (Å²) in [6, 6.07) is 3.65. The van der Waals surface area contributed by atoms with Crippen molar-refractivity contribution in [1.82, 2.24) is 15.6 Å². The summed E-state index contributed by atoms with van der Waals surface area (Å²) >= 11 is 0. The van der Waals surface area contributed by atoms with E-state index in [4.69, 9.17) is 9.47 Å². The molecule has 1 aliphatic heterocycles. The Morgan fingerprint density at radius 3 is 3.32 bits per heavy atom. The van der Waals surface area contributed by atoms with Crippen molar-refractivity contribution >= 4 is 5.91 Å². The van der Waals surface area contributed by atoms with Crippen LogP contribution in [0, 0.1) is 0 Å².